The van der Waals surface area contributed by atoms with Gasteiger partial charge >= 0.3 is 0 Å². The molecule has 0 aliphatic carbocycles. The Morgan fingerprint density at radius 2 is 2.21 bits per heavy atom. The monoisotopic (exact) mass is 259 g/mol. The zero-order valence-electron chi connectivity index (χ0n) is 11.1. The number of hydrazone groups is 1. The van der Waals surface area contributed by atoms with Gasteiger partial charge in [0.25, 0.3) is 5.91 Å². The number of benzene rings is 1. The van der Waals surface area contributed by atoms with Crippen molar-refractivity contribution in [3.63, 3.8) is 0 Å². The minimum atomic E-state index is -0.203. The number of fused-ring (bicyclic) bond motifs is 1. The fraction of sp³-hybridized carbons (Fsp3) is 0.385. The lowest BCUT2D eigenvalue weighted by Crippen LogP contribution is -2.24. The maximum atomic E-state index is 11.8. The van der Waals surface area contributed by atoms with Gasteiger partial charge in [-0.1, -0.05) is 30.7 Å². The molecule has 1 aromatic heterocycles. The van der Waals surface area contributed by atoms with Crippen LogP contribution in [0.4, 0.5) is 0 Å². The summed E-state index contributed by atoms with van der Waals surface area (Å²) in [5.74, 6) is -0.203. The first-order valence-electron chi connectivity index (χ1n) is 6.31. The van der Waals surface area contributed by atoms with Crippen molar-refractivity contribution in [2.75, 3.05) is 0 Å². The van der Waals surface area contributed by atoms with E-state index in [0.717, 1.165) is 29.6 Å². The van der Waals surface area contributed by atoms with Crippen molar-refractivity contribution >= 4 is 22.7 Å². The summed E-state index contributed by atoms with van der Waals surface area (Å²) in [6.45, 7) is 4.08. The highest BCUT2D eigenvalue weighted by atomic mass is 16.2. The van der Waals surface area contributed by atoms with Crippen LogP contribution in [0.25, 0.3) is 11.0 Å². The molecule has 0 aliphatic heterocycles. The minimum Gasteiger partial charge on any atom is -0.271 e. The number of nitrogens with zero attached hydrogens (tertiary/aromatic N) is 4. The summed E-state index contributed by atoms with van der Waals surface area (Å²) in [6.07, 6.45) is 1.89. The second kappa shape index (κ2) is 6.08. The lowest BCUT2D eigenvalue weighted by Gasteiger charge is -2.02. The van der Waals surface area contributed by atoms with E-state index in [1.54, 1.807) is 4.68 Å². The maximum absolute atomic E-state index is 11.8. The predicted molar refractivity (Wildman–Crippen MR) is 73.7 cm³/mol. The first-order valence-corrected chi connectivity index (χ1v) is 6.31. The molecule has 0 spiro atoms. The van der Waals surface area contributed by atoms with E-state index in [1.165, 1.54) is 0 Å². The van der Waals surface area contributed by atoms with Gasteiger partial charge in [0.05, 0.1) is 5.52 Å². The van der Waals surface area contributed by atoms with Crippen LogP contribution in [-0.4, -0.2) is 26.6 Å². The smallest absolute Gasteiger partial charge is 0.261 e. The number of carbonyl (C=O) groups is 1. The van der Waals surface area contributed by atoms with Gasteiger partial charge in [0.1, 0.15) is 12.1 Å². The quantitative estimate of drug-likeness (QED) is 0.656. The molecule has 1 amide bonds. The van der Waals surface area contributed by atoms with Gasteiger partial charge in [0.15, 0.2) is 0 Å². The Labute approximate surface area is 111 Å². The molecule has 0 aliphatic rings. The fourth-order valence-electron chi connectivity index (χ4n) is 1.78. The summed E-state index contributed by atoms with van der Waals surface area (Å²) in [4.78, 5) is 11.8. The Bertz CT molecular complexity index is 602. The lowest BCUT2D eigenvalue weighted by molar-refractivity contribution is -0.121. The van der Waals surface area contributed by atoms with Crippen LogP contribution in [0.3, 0.4) is 0 Å². The Morgan fingerprint density at radius 3 is 3.00 bits per heavy atom. The zero-order valence-corrected chi connectivity index (χ0v) is 11.1. The van der Waals surface area contributed by atoms with Crippen molar-refractivity contribution in [2.24, 2.45) is 5.10 Å². The van der Waals surface area contributed by atoms with Crippen LogP contribution in [0.1, 0.15) is 26.7 Å². The van der Waals surface area contributed by atoms with E-state index in [0.29, 0.717) is 0 Å². The Kier molecular flexibility index (Phi) is 4.22. The van der Waals surface area contributed by atoms with Gasteiger partial charge in [0, 0.05) is 5.71 Å². The predicted octanol–water partition coefficient (Wildman–Crippen LogP) is 1.72. The fourth-order valence-corrected chi connectivity index (χ4v) is 1.78. The van der Waals surface area contributed by atoms with Crippen molar-refractivity contribution in [2.45, 2.75) is 33.2 Å². The summed E-state index contributed by atoms with van der Waals surface area (Å²) in [5, 5.41) is 12.0. The topological polar surface area (TPSA) is 72.2 Å². The molecule has 2 aromatic rings. The zero-order chi connectivity index (χ0) is 13.7. The average molecular weight is 259 g/mol. The van der Waals surface area contributed by atoms with Crippen molar-refractivity contribution in [3.8, 4) is 0 Å². The number of carbonyl (C=O) groups excluding carboxylic acids is 1. The molecule has 6 nitrogen and oxygen atoms in total. The van der Waals surface area contributed by atoms with Crippen molar-refractivity contribution in [1.82, 2.24) is 20.4 Å². The Hall–Kier alpha value is -2.24. The van der Waals surface area contributed by atoms with Crippen LogP contribution in [0, 0.1) is 0 Å². The molecule has 19 heavy (non-hydrogen) atoms. The van der Waals surface area contributed by atoms with E-state index >= 15 is 0 Å². The van der Waals surface area contributed by atoms with E-state index in [4.69, 9.17) is 0 Å². The van der Waals surface area contributed by atoms with E-state index < -0.39 is 0 Å². The highest BCUT2D eigenvalue weighted by Crippen LogP contribution is 2.09. The van der Waals surface area contributed by atoms with Crippen LogP contribution < -0.4 is 5.43 Å². The van der Waals surface area contributed by atoms with Crippen molar-refractivity contribution in [1.29, 1.82) is 0 Å². The van der Waals surface area contributed by atoms with Crippen molar-refractivity contribution < 1.29 is 4.79 Å². The lowest BCUT2D eigenvalue weighted by atomic mass is 10.2. The van der Waals surface area contributed by atoms with Crippen LogP contribution >= 0.6 is 0 Å². The molecular weight excluding hydrogens is 242 g/mol. The van der Waals surface area contributed by atoms with Gasteiger partial charge in [-0.15, -0.1) is 5.10 Å². The molecule has 1 N–H and O–H groups in total. The summed E-state index contributed by atoms with van der Waals surface area (Å²) in [7, 11) is 0. The summed E-state index contributed by atoms with van der Waals surface area (Å²) in [5.41, 5.74) is 5.07. The molecule has 1 aromatic carbocycles. The SMILES string of the molecule is CCC/C(C)=N\NC(=O)Cn1nnc2ccccc21. The number of aromatic nitrogens is 3. The third-order valence-electron chi connectivity index (χ3n) is 2.70. The van der Waals surface area contributed by atoms with Crippen LogP contribution in [-0.2, 0) is 11.3 Å². The van der Waals surface area contributed by atoms with Gasteiger partial charge in [-0.3, -0.25) is 4.79 Å². The molecule has 0 bridgehead atoms. The standard InChI is InChI=1S/C13H17N5O/c1-3-6-10(2)14-16-13(19)9-18-12-8-5-4-7-11(12)15-17-18/h4-5,7-8H,3,6,9H2,1-2H3,(H,16,19)/b14-10-. The van der Waals surface area contributed by atoms with E-state index in [1.807, 2.05) is 31.2 Å². The Balaban J connectivity index is 2.01. The number of hydrogen-bond acceptors (Lipinski definition) is 4. The Morgan fingerprint density at radius 1 is 1.42 bits per heavy atom. The van der Waals surface area contributed by atoms with Crippen molar-refractivity contribution in [3.05, 3.63) is 24.3 Å². The molecule has 6 heteroatoms. The van der Waals surface area contributed by atoms with Gasteiger partial charge in [-0.25, -0.2) is 10.1 Å². The molecule has 0 radical (unpaired) electrons. The first-order chi connectivity index (χ1) is 9.20. The summed E-state index contributed by atoms with van der Waals surface area (Å²) >= 11 is 0. The van der Waals surface area contributed by atoms with Gasteiger partial charge < -0.3 is 0 Å². The highest BCUT2D eigenvalue weighted by molar-refractivity contribution is 5.84. The first kappa shape index (κ1) is 13.2. The average Bonchev–Trinajstić information content (AvgIpc) is 2.80. The molecule has 100 valence electrons. The third-order valence-corrected chi connectivity index (χ3v) is 2.70. The second-order valence-electron chi connectivity index (χ2n) is 4.37. The van der Waals surface area contributed by atoms with Crippen LogP contribution in [0.15, 0.2) is 29.4 Å². The molecule has 0 saturated heterocycles. The van der Waals surface area contributed by atoms with Gasteiger partial charge in [0.2, 0.25) is 0 Å². The molecular formula is C13H17N5O. The largest absolute Gasteiger partial charge is 0.271 e. The molecule has 0 atom stereocenters. The number of nitrogens with one attached hydrogen (secondary N) is 1. The molecule has 2 rings (SSSR count). The summed E-state index contributed by atoms with van der Waals surface area (Å²) < 4.78 is 1.56. The minimum absolute atomic E-state index is 0.115. The summed E-state index contributed by atoms with van der Waals surface area (Å²) in [6, 6.07) is 7.53. The number of hydrogen-bond donors (Lipinski definition) is 1. The molecule has 0 fully saturated rings. The highest BCUT2D eigenvalue weighted by Gasteiger charge is 2.07. The van der Waals surface area contributed by atoms with E-state index in [2.05, 4.69) is 27.8 Å². The number of para-hydroxylation sites is 1. The normalized spacial score (nSPS) is 11.8. The van der Waals surface area contributed by atoms with Crippen LogP contribution in [0.2, 0.25) is 0 Å². The van der Waals surface area contributed by atoms with Gasteiger partial charge in [-0.2, -0.15) is 5.10 Å². The molecule has 0 unspecified atom stereocenters. The third kappa shape index (κ3) is 3.37. The number of amides is 1. The maximum Gasteiger partial charge on any atom is 0.261 e. The number of rotatable bonds is 5. The van der Waals surface area contributed by atoms with E-state index in [9.17, 15) is 4.79 Å². The van der Waals surface area contributed by atoms with Crippen LogP contribution in [0.5, 0.6) is 0 Å². The second-order valence-corrected chi connectivity index (χ2v) is 4.37. The van der Waals surface area contributed by atoms with Gasteiger partial charge in [-0.05, 0) is 25.5 Å². The van der Waals surface area contributed by atoms with E-state index in [-0.39, 0.29) is 12.5 Å². The molecule has 1 heterocycles. The molecule has 0 saturated carbocycles.